The van der Waals surface area contributed by atoms with Crippen molar-refractivity contribution in [2.75, 3.05) is 26.4 Å². The third-order valence-corrected chi connectivity index (χ3v) is 13.3. The molecular weight excluding hydrogens is 737 g/mol. The molecule has 0 bridgehead atoms. The highest BCUT2D eigenvalue weighted by Gasteiger charge is 2.46. The van der Waals surface area contributed by atoms with Crippen molar-refractivity contribution in [1.29, 1.82) is 0 Å². The second-order valence-electron chi connectivity index (χ2n) is 13.4. The van der Waals surface area contributed by atoms with Gasteiger partial charge in [0.2, 0.25) is 17.7 Å². The van der Waals surface area contributed by atoms with Crippen LogP contribution < -0.4 is 21.7 Å². The lowest BCUT2D eigenvalue weighted by molar-refractivity contribution is -0.142. The van der Waals surface area contributed by atoms with E-state index < -0.39 is 65.9 Å². The zero-order valence-corrected chi connectivity index (χ0v) is 30.9. The Bertz CT molecular complexity index is 2070. The molecule has 4 amide bonds. The minimum atomic E-state index is -3.81. The molecular formula is C35H38F3N6O5PS2. The number of carbonyl (C=O) groups is 4. The van der Waals surface area contributed by atoms with Crippen molar-refractivity contribution < 1.29 is 36.9 Å². The van der Waals surface area contributed by atoms with Gasteiger partial charge in [-0.2, -0.15) is 8.78 Å². The minimum absolute atomic E-state index is 0.0469. The van der Waals surface area contributed by atoms with Gasteiger partial charge in [-0.1, -0.05) is 24.3 Å². The maximum atomic E-state index is 14.8. The van der Waals surface area contributed by atoms with E-state index in [0.717, 1.165) is 24.7 Å². The van der Waals surface area contributed by atoms with Crippen molar-refractivity contribution in [2.45, 2.75) is 61.9 Å². The van der Waals surface area contributed by atoms with Crippen LogP contribution in [0.25, 0.3) is 20.5 Å². The number of benzene rings is 2. The summed E-state index contributed by atoms with van der Waals surface area (Å²) in [5.41, 5.74) is 1.84. The monoisotopic (exact) mass is 774 g/mol. The molecule has 2 saturated heterocycles. The van der Waals surface area contributed by atoms with Gasteiger partial charge in [0.15, 0.2) is 7.14 Å². The molecule has 2 aromatic heterocycles. The van der Waals surface area contributed by atoms with E-state index in [1.807, 2.05) is 0 Å². The van der Waals surface area contributed by atoms with Gasteiger partial charge >= 0.3 is 5.66 Å². The van der Waals surface area contributed by atoms with Crippen molar-refractivity contribution in [2.24, 2.45) is 5.73 Å². The molecule has 2 aromatic carbocycles. The van der Waals surface area contributed by atoms with E-state index in [0.29, 0.717) is 51.3 Å². The molecule has 2 fully saturated rings. The number of hydrogen-bond donors (Lipinski definition) is 4. The average molecular weight is 775 g/mol. The van der Waals surface area contributed by atoms with Crippen LogP contribution in [0.1, 0.15) is 58.4 Å². The fourth-order valence-corrected chi connectivity index (χ4v) is 9.32. The molecule has 11 nitrogen and oxygen atoms in total. The summed E-state index contributed by atoms with van der Waals surface area (Å²) < 4.78 is 57.0. The van der Waals surface area contributed by atoms with E-state index in [4.69, 9.17) is 5.73 Å². The Labute approximate surface area is 305 Å². The lowest BCUT2D eigenvalue weighted by Gasteiger charge is -2.35. The van der Waals surface area contributed by atoms with Crippen LogP contribution in [0.2, 0.25) is 0 Å². The van der Waals surface area contributed by atoms with E-state index in [-0.39, 0.29) is 30.3 Å². The van der Waals surface area contributed by atoms with Gasteiger partial charge in [-0.3, -0.25) is 19.2 Å². The molecule has 2 aliphatic rings. The third kappa shape index (κ3) is 7.80. The van der Waals surface area contributed by atoms with Crippen LogP contribution in [0, 0.1) is 5.82 Å². The SMILES string of the molecule is CP(C)(=O)C(F)(F)c1ccc2sc(C(=O)N[C@H]3CNCC[C@H]4CC[C@@H](C(=O)N[C@@H](CCC(N)=O)c5ncc(-c6ccccc6F)s5)N4C3=O)cc2c1. The highest BCUT2D eigenvalue weighted by molar-refractivity contribution is 7.63. The number of thiazole rings is 1. The third-order valence-electron chi connectivity index (χ3n) is 9.39. The number of nitrogens with two attached hydrogens (primary N) is 1. The maximum Gasteiger partial charge on any atom is 0.322 e. The Balaban J connectivity index is 1.19. The first-order valence-electron chi connectivity index (χ1n) is 16.7. The second-order valence-corrected chi connectivity index (χ2v) is 18.8. The van der Waals surface area contributed by atoms with Gasteiger partial charge in [0.1, 0.15) is 22.9 Å². The van der Waals surface area contributed by atoms with Gasteiger partial charge in [-0.15, -0.1) is 22.7 Å². The number of halogens is 3. The molecule has 0 spiro atoms. The molecule has 4 aromatic rings. The Morgan fingerprint density at radius 3 is 2.62 bits per heavy atom. The standard InChI is InChI=1S/C35H38F3N6O5PS2/c1-50(2,49)35(37,38)20-7-11-27-19(15-20)16-28(51-27)32(47)43-25-17-40-14-13-21-8-10-26(44(21)34(25)48)31(46)42-24(9-12-30(39)45)33-41-18-29(52-33)22-5-3-4-6-23(22)36/h3-7,11,15-16,18,21,24-26,40H,8-10,12-14,17H2,1-2H3,(H2,39,45)(H,42,46)(H,43,47)/t21-,24+,25+,26+/m1/s1. The number of aromatic nitrogens is 1. The number of alkyl halides is 2. The number of amides is 4. The molecule has 2 aliphatic heterocycles. The molecule has 0 aliphatic carbocycles. The van der Waals surface area contributed by atoms with Crippen molar-refractivity contribution in [3.05, 3.63) is 76.0 Å². The molecule has 0 radical (unpaired) electrons. The summed E-state index contributed by atoms with van der Waals surface area (Å²) in [7, 11) is -3.81. The summed E-state index contributed by atoms with van der Waals surface area (Å²) in [5, 5.41) is 9.78. The van der Waals surface area contributed by atoms with Crippen LogP contribution >= 0.6 is 29.8 Å². The van der Waals surface area contributed by atoms with E-state index in [1.54, 1.807) is 18.2 Å². The van der Waals surface area contributed by atoms with Crippen LogP contribution in [0.15, 0.2) is 54.7 Å². The fraction of sp³-hybridized carbons (Fsp3) is 0.400. The summed E-state index contributed by atoms with van der Waals surface area (Å²) >= 11 is 2.25. The molecule has 52 heavy (non-hydrogen) atoms. The first-order chi connectivity index (χ1) is 24.6. The van der Waals surface area contributed by atoms with Crippen LogP contribution in [0.3, 0.4) is 0 Å². The van der Waals surface area contributed by atoms with E-state index in [1.165, 1.54) is 52.8 Å². The number of primary amides is 1. The number of carbonyl (C=O) groups excluding carboxylic acids is 4. The molecule has 4 heterocycles. The quantitative estimate of drug-likeness (QED) is 0.148. The van der Waals surface area contributed by atoms with Crippen molar-refractivity contribution in [3.63, 3.8) is 0 Å². The zero-order valence-electron chi connectivity index (χ0n) is 28.4. The predicted molar refractivity (Wildman–Crippen MR) is 194 cm³/mol. The topological polar surface area (TPSA) is 164 Å². The number of nitrogens with zero attached hydrogens (tertiary/aromatic N) is 2. The first-order valence-corrected chi connectivity index (χ1v) is 21.0. The number of nitrogens with one attached hydrogen (secondary N) is 3. The molecule has 0 unspecified atom stereocenters. The van der Waals surface area contributed by atoms with Crippen molar-refractivity contribution >= 4 is 63.5 Å². The van der Waals surface area contributed by atoms with Gasteiger partial charge in [0.05, 0.1) is 15.8 Å². The zero-order chi connectivity index (χ0) is 37.4. The van der Waals surface area contributed by atoms with Crippen molar-refractivity contribution in [1.82, 2.24) is 25.8 Å². The molecule has 6 rings (SSSR count). The Morgan fingerprint density at radius 1 is 1.12 bits per heavy atom. The van der Waals surface area contributed by atoms with Gasteiger partial charge < -0.3 is 31.1 Å². The lowest BCUT2D eigenvalue weighted by atomic mass is 10.1. The molecule has 0 saturated carbocycles. The summed E-state index contributed by atoms with van der Waals surface area (Å²) in [5.74, 6) is -2.47. The average Bonchev–Trinajstić information content (AvgIpc) is 3.85. The van der Waals surface area contributed by atoms with E-state index in [9.17, 15) is 36.9 Å². The lowest BCUT2D eigenvalue weighted by Crippen LogP contribution is -2.60. The summed E-state index contributed by atoms with van der Waals surface area (Å²) in [6.45, 7) is 2.69. The van der Waals surface area contributed by atoms with Crippen LogP contribution in [-0.2, 0) is 24.6 Å². The highest BCUT2D eigenvalue weighted by Crippen LogP contribution is 2.60. The van der Waals surface area contributed by atoms with Crippen LogP contribution in [0.5, 0.6) is 0 Å². The first kappa shape index (κ1) is 37.6. The van der Waals surface area contributed by atoms with Gasteiger partial charge in [0.25, 0.3) is 5.91 Å². The smallest absolute Gasteiger partial charge is 0.322 e. The second kappa shape index (κ2) is 15.1. The Kier molecular flexibility index (Phi) is 10.9. The van der Waals surface area contributed by atoms with Gasteiger partial charge in [0, 0.05) is 41.0 Å². The van der Waals surface area contributed by atoms with E-state index >= 15 is 0 Å². The van der Waals surface area contributed by atoms with Gasteiger partial charge in [-0.25, -0.2) is 9.37 Å². The van der Waals surface area contributed by atoms with Crippen LogP contribution in [0.4, 0.5) is 13.2 Å². The fourth-order valence-electron chi connectivity index (χ4n) is 6.58. The molecule has 5 N–H and O–H groups in total. The normalized spacial score (nSPS) is 20.2. The molecule has 4 atom stereocenters. The van der Waals surface area contributed by atoms with Crippen LogP contribution in [-0.4, -0.2) is 78.1 Å². The maximum absolute atomic E-state index is 14.8. The Hall–Kier alpha value is -4.11. The molecule has 276 valence electrons. The minimum Gasteiger partial charge on any atom is -0.370 e. The largest absolute Gasteiger partial charge is 0.370 e. The summed E-state index contributed by atoms with van der Waals surface area (Å²) in [4.78, 5) is 60.0. The van der Waals surface area contributed by atoms with E-state index in [2.05, 4.69) is 20.9 Å². The number of rotatable bonds is 11. The highest BCUT2D eigenvalue weighted by atomic mass is 32.1. The Morgan fingerprint density at radius 2 is 1.88 bits per heavy atom. The number of thiophene rings is 1. The summed E-state index contributed by atoms with van der Waals surface area (Å²) in [6, 6.07) is 8.68. The molecule has 17 heteroatoms. The number of fused-ring (bicyclic) bond motifs is 2. The van der Waals surface area contributed by atoms with Crippen molar-refractivity contribution in [3.8, 4) is 10.4 Å². The summed E-state index contributed by atoms with van der Waals surface area (Å²) in [6.07, 6.45) is 3.12. The number of hydrogen-bond acceptors (Lipinski definition) is 9. The van der Waals surface area contributed by atoms with Gasteiger partial charge in [-0.05, 0) is 75.2 Å². The predicted octanol–water partition coefficient (Wildman–Crippen LogP) is 5.41.